The summed E-state index contributed by atoms with van der Waals surface area (Å²) in [5, 5.41) is 15.7. The number of hydrogen-bond acceptors (Lipinski definition) is 3. The van der Waals surface area contributed by atoms with E-state index in [0.717, 1.165) is 6.54 Å². The van der Waals surface area contributed by atoms with E-state index in [1.54, 1.807) is 25.1 Å². The number of hydrogen-bond donors (Lipinski definition) is 3. The number of rotatable bonds is 5. The molecule has 0 bridgehead atoms. The van der Waals surface area contributed by atoms with Crippen LogP contribution in [0.1, 0.15) is 29.8 Å². The van der Waals surface area contributed by atoms with Crippen LogP contribution in [-0.2, 0) is 0 Å². The predicted octanol–water partition coefficient (Wildman–Crippen LogP) is 1.43. The Balaban J connectivity index is 2.50. The van der Waals surface area contributed by atoms with Crippen LogP contribution in [0.15, 0.2) is 18.2 Å². The summed E-state index contributed by atoms with van der Waals surface area (Å²) in [7, 11) is 0. The standard InChI is InChI=1S/C13H20N2O2/c1-9(2)14-7-8-15-13(17)11-6-4-5-10(3)12(11)16/h4-6,9,14,16H,7-8H2,1-3H3,(H,15,17). The first-order valence-electron chi connectivity index (χ1n) is 5.82. The van der Waals surface area contributed by atoms with Gasteiger partial charge < -0.3 is 15.7 Å². The quantitative estimate of drug-likeness (QED) is 0.678. The fraction of sp³-hybridized carbons (Fsp3) is 0.462. The molecule has 0 aromatic heterocycles. The number of phenols is 1. The number of nitrogens with one attached hydrogen (secondary N) is 2. The third-order valence-corrected chi connectivity index (χ3v) is 2.45. The molecule has 0 saturated carbocycles. The van der Waals surface area contributed by atoms with Crippen LogP contribution in [0, 0.1) is 6.92 Å². The van der Waals surface area contributed by atoms with E-state index in [2.05, 4.69) is 10.6 Å². The number of phenolic OH excluding ortho intramolecular Hbond substituents is 1. The number of para-hydroxylation sites is 1. The zero-order valence-corrected chi connectivity index (χ0v) is 10.6. The lowest BCUT2D eigenvalue weighted by Gasteiger charge is -2.10. The lowest BCUT2D eigenvalue weighted by atomic mass is 10.1. The number of amides is 1. The molecule has 0 atom stereocenters. The van der Waals surface area contributed by atoms with Crippen molar-refractivity contribution in [2.75, 3.05) is 13.1 Å². The van der Waals surface area contributed by atoms with Crippen LogP contribution >= 0.6 is 0 Å². The largest absolute Gasteiger partial charge is 0.507 e. The van der Waals surface area contributed by atoms with Gasteiger partial charge in [-0.1, -0.05) is 26.0 Å². The Morgan fingerprint density at radius 2 is 2.06 bits per heavy atom. The highest BCUT2D eigenvalue weighted by Crippen LogP contribution is 2.20. The molecule has 1 rings (SSSR count). The molecule has 4 nitrogen and oxygen atoms in total. The highest BCUT2D eigenvalue weighted by molar-refractivity contribution is 5.97. The van der Waals surface area contributed by atoms with Crippen molar-refractivity contribution < 1.29 is 9.90 Å². The Labute approximate surface area is 102 Å². The molecule has 0 unspecified atom stereocenters. The summed E-state index contributed by atoms with van der Waals surface area (Å²) in [6, 6.07) is 5.55. The number of benzene rings is 1. The molecule has 3 N–H and O–H groups in total. The molecule has 0 radical (unpaired) electrons. The van der Waals surface area contributed by atoms with Gasteiger partial charge in [0.1, 0.15) is 5.75 Å². The minimum atomic E-state index is -0.239. The van der Waals surface area contributed by atoms with Crippen LogP contribution in [0.5, 0.6) is 5.75 Å². The molecule has 1 amide bonds. The number of aryl methyl sites for hydroxylation is 1. The summed E-state index contributed by atoms with van der Waals surface area (Å²) < 4.78 is 0. The smallest absolute Gasteiger partial charge is 0.255 e. The predicted molar refractivity (Wildman–Crippen MR) is 68.3 cm³/mol. The van der Waals surface area contributed by atoms with Crippen molar-refractivity contribution in [2.45, 2.75) is 26.8 Å². The van der Waals surface area contributed by atoms with Crippen LogP contribution in [0.4, 0.5) is 0 Å². The average molecular weight is 236 g/mol. The number of carbonyl (C=O) groups excluding carboxylic acids is 1. The zero-order valence-electron chi connectivity index (χ0n) is 10.6. The molecule has 17 heavy (non-hydrogen) atoms. The molecule has 0 aliphatic heterocycles. The lowest BCUT2D eigenvalue weighted by molar-refractivity contribution is 0.0951. The van der Waals surface area contributed by atoms with Crippen LogP contribution in [0.3, 0.4) is 0 Å². The maximum Gasteiger partial charge on any atom is 0.255 e. The zero-order chi connectivity index (χ0) is 12.8. The number of aromatic hydroxyl groups is 1. The van der Waals surface area contributed by atoms with Gasteiger partial charge in [-0.25, -0.2) is 0 Å². The normalized spacial score (nSPS) is 10.6. The third kappa shape index (κ3) is 4.07. The van der Waals surface area contributed by atoms with Gasteiger partial charge in [-0.2, -0.15) is 0 Å². The van der Waals surface area contributed by atoms with E-state index in [1.807, 2.05) is 13.8 Å². The van der Waals surface area contributed by atoms with Crippen LogP contribution in [0.2, 0.25) is 0 Å². The van der Waals surface area contributed by atoms with Crippen molar-refractivity contribution in [2.24, 2.45) is 0 Å². The Morgan fingerprint density at radius 1 is 1.35 bits per heavy atom. The van der Waals surface area contributed by atoms with Crippen molar-refractivity contribution in [3.63, 3.8) is 0 Å². The van der Waals surface area contributed by atoms with Gasteiger partial charge in [-0.3, -0.25) is 4.79 Å². The topological polar surface area (TPSA) is 61.4 Å². The van der Waals surface area contributed by atoms with Gasteiger partial charge in [-0.05, 0) is 18.6 Å². The summed E-state index contributed by atoms with van der Waals surface area (Å²) >= 11 is 0. The van der Waals surface area contributed by atoms with E-state index in [-0.39, 0.29) is 11.7 Å². The molecule has 94 valence electrons. The third-order valence-electron chi connectivity index (χ3n) is 2.45. The molecule has 1 aromatic carbocycles. The molecular formula is C13H20N2O2. The van der Waals surface area contributed by atoms with Gasteiger partial charge in [0.25, 0.3) is 5.91 Å². The number of carbonyl (C=O) groups is 1. The van der Waals surface area contributed by atoms with Gasteiger partial charge in [0.2, 0.25) is 0 Å². The summed E-state index contributed by atoms with van der Waals surface area (Å²) in [5.41, 5.74) is 1.03. The first-order valence-corrected chi connectivity index (χ1v) is 5.82. The highest BCUT2D eigenvalue weighted by atomic mass is 16.3. The first kappa shape index (κ1) is 13.5. The average Bonchev–Trinajstić information content (AvgIpc) is 2.27. The molecule has 0 fully saturated rings. The van der Waals surface area contributed by atoms with Crippen molar-refractivity contribution in [3.05, 3.63) is 29.3 Å². The van der Waals surface area contributed by atoms with Crippen molar-refractivity contribution in [1.29, 1.82) is 0 Å². The minimum absolute atomic E-state index is 0.0572. The van der Waals surface area contributed by atoms with Crippen LogP contribution in [0.25, 0.3) is 0 Å². The SMILES string of the molecule is Cc1cccc(C(=O)NCCNC(C)C)c1O. The van der Waals surface area contributed by atoms with E-state index < -0.39 is 0 Å². The molecule has 4 heteroatoms. The second-order valence-electron chi connectivity index (χ2n) is 4.34. The monoisotopic (exact) mass is 236 g/mol. The molecular weight excluding hydrogens is 216 g/mol. The van der Waals surface area contributed by atoms with Crippen molar-refractivity contribution in [1.82, 2.24) is 10.6 Å². The first-order chi connectivity index (χ1) is 8.02. The Kier molecular flexibility index (Phi) is 4.97. The molecule has 0 heterocycles. The molecule has 0 spiro atoms. The lowest BCUT2D eigenvalue weighted by Crippen LogP contribution is -2.34. The van der Waals surface area contributed by atoms with E-state index in [4.69, 9.17) is 0 Å². The maximum atomic E-state index is 11.8. The van der Waals surface area contributed by atoms with E-state index in [9.17, 15) is 9.90 Å². The van der Waals surface area contributed by atoms with Gasteiger partial charge >= 0.3 is 0 Å². The van der Waals surface area contributed by atoms with Crippen molar-refractivity contribution >= 4 is 5.91 Å². The fourth-order valence-electron chi connectivity index (χ4n) is 1.47. The van der Waals surface area contributed by atoms with Crippen molar-refractivity contribution in [3.8, 4) is 5.75 Å². The van der Waals surface area contributed by atoms with Gasteiger partial charge in [0, 0.05) is 19.1 Å². The Bertz CT molecular complexity index is 389. The van der Waals surface area contributed by atoms with Gasteiger partial charge in [0.05, 0.1) is 5.56 Å². The Morgan fingerprint density at radius 3 is 2.71 bits per heavy atom. The second-order valence-corrected chi connectivity index (χ2v) is 4.34. The van der Waals surface area contributed by atoms with Crippen LogP contribution in [-0.4, -0.2) is 30.1 Å². The summed E-state index contributed by atoms with van der Waals surface area (Å²) in [4.78, 5) is 11.8. The van der Waals surface area contributed by atoms with Gasteiger partial charge in [0.15, 0.2) is 0 Å². The summed E-state index contributed by atoms with van der Waals surface area (Å²) in [6.45, 7) is 7.13. The van der Waals surface area contributed by atoms with E-state index >= 15 is 0 Å². The van der Waals surface area contributed by atoms with Crippen LogP contribution < -0.4 is 10.6 Å². The minimum Gasteiger partial charge on any atom is -0.507 e. The summed E-state index contributed by atoms with van der Waals surface area (Å²) in [6.07, 6.45) is 0. The fourth-order valence-corrected chi connectivity index (χ4v) is 1.47. The molecule has 0 aliphatic carbocycles. The molecule has 1 aromatic rings. The second kappa shape index (κ2) is 6.25. The van der Waals surface area contributed by atoms with E-state index in [0.29, 0.717) is 23.7 Å². The summed E-state index contributed by atoms with van der Waals surface area (Å²) in [5.74, 6) is -0.182. The highest BCUT2D eigenvalue weighted by Gasteiger charge is 2.11. The molecule has 0 aliphatic rings. The van der Waals surface area contributed by atoms with E-state index in [1.165, 1.54) is 0 Å². The van der Waals surface area contributed by atoms with Gasteiger partial charge in [-0.15, -0.1) is 0 Å². The maximum absolute atomic E-state index is 11.8. The molecule has 0 saturated heterocycles. The Hall–Kier alpha value is -1.55.